The van der Waals surface area contributed by atoms with E-state index >= 15 is 0 Å². The Hall–Kier alpha value is -1.91. The van der Waals surface area contributed by atoms with Crippen LogP contribution in [0.25, 0.3) is 0 Å². The van der Waals surface area contributed by atoms with Crippen LogP contribution in [0.2, 0.25) is 0 Å². The number of aliphatic carboxylic acids is 1. The number of hydrogen-bond donors (Lipinski definition) is 3. The summed E-state index contributed by atoms with van der Waals surface area (Å²) in [6.07, 6.45) is 21.3. The van der Waals surface area contributed by atoms with Crippen LogP contribution >= 0.6 is 0 Å². The van der Waals surface area contributed by atoms with Crippen molar-refractivity contribution >= 4 is 5.97 Å². The molecule has 4 heteroatoms. The molecule has 3 N–H and O–H groups in total. The molecule has 0 aliphatic carbocycles. The molecule has 0 fully saturated rings. The number of hydrogen-bond acceptors (Lipinski definition) is 3. The van der Waals surface area contributed by atoms with Gasteiger partial charge >= 0.3 is 5.97 Å². The maximum absolute atomic E-state index is 10.3. The first-order chi connectivity index (χ1) is 11.6. The first-order valence-corrected chi connectivity index (χ1v) is 8.45. The Morgan fingerprint density at radius 2 is 1.58 bits per heavy atom. The summed E-state index contributed by atoms with van der Waals surface area (Å²) in [6.45, 7) is 1.91. The van der Waals surface area contributed by atoms with E-state index in [-0.39, 0.29) is 6.42 Å². The monoisotopic (exact) mass is 334 g/mol. The normalized spacial score (nSPS) is 15.5. The maximum Gasteiger partial charge on any atom is 0.303 e. The first kappa shape index (κ1) is 22.1. The lowest BCUT2D eigenvalue weighted by atomic mass is 10.2. The summed E-state index contributed by atoms with van der Waals surface area (Å²) < 4.78 is 0. The number of carbonyl (C=O) groups is 1. The number of aliphatic hydroxyl groups excluding tert-OH is 2. The Bertz CT molecular complexity index is 458. The molecule has 0 aliphatic heterocycles. The Kier molecular flexibility index (Phi) is 14.7. The highest BCUT2D eigenvalue weighted by atomic mass is 16.4. The van der Waals surface area contributed by atoms with Crippen LogP contribution < -0.4 is 0 Å². The smallest absolute Gasteiger partial charge is 0.303 e. The SMILES string of the molecule is CCC(O)/C=C/C=C\CC(O)/C=C\C=C/C/C=C\CCCC(=O)O. The van der Waals surface area contributed by atoms with Gasteiger partial charge in [0.15, 0.2) is 0 Å². The second-order valence-electron chi connectivity index (χ2n) is 5.40. The zero-order valence-electron chi connectivity index (χ0n) is 14.4. The van der Waals surface area contributed by atoms with Gasteiger partial charge in [-0.1, -0.05) is 67.7 Å². The van der Waals surface area contributed by atoms with Crippen molar-refractivity contribution in [3.63, 3.8) is 0 Å². The van der Waals surface area contributed by atoms with E-state index < -0.39 is 18.2 Å². The summed E-state index contributed by atoms with van der Waals surface area (Å²) in [4.78, 5) is 10.3. The molecule has 0 heterocycles. The molecule has 4 nitrogen and oxygen atoms in total. The Morgan fingerprint density at radius 1 is 0.917 bits per heavy atom. The fraction of sp³-hybridized carbons (Fsp3) is 0.450. The van der Waals surface area contributed by atoms with Crippen molar-refractivity contribution in [2.75, 3.05) is 0 Å². The number of carboxylic acid groups (broad SMARTS) is 1. The molecule has 0 rings (SSSR count). The van der Waals surface area contributed by atoms with E-state index in [0.717, 1.165) is 12.8 Å². The Morgan fingerprint density at radius 3 is 2.25 bits per heavy atom. The van der Waals surface area contributed by atoms with Crippen molar-refractivity contribution < 1.29 is 20.1 Å². The number of aliphatic hydroxyl groups is 2. The molecular weight excluding hydrogens is 304 g/mol. The van der Waals surface area contributed by atoms with Crippen LogP contribution in [-0.4, -0.2) is 33.5 Å². The number of rotatable bonds is 13. The van der Waals surface area contributed by atoms with Gasteiger partial charge in [0.2, 0.25) is 0 Å². The third-order valence-corrected chi connectivity index (χ3v) is 3.16. The van der Waals surface area contributed by atoms with Crippen LogP contribution in [0.5, 0.6) is 0 Å². The molecule has 2 atom stereocenters. The molecule has 0 saturated heterocycles. The fourth-order valence-corrected chi connectivity index (χ4v) is 1.72. The molecule has 0 spiro atoms. The fourth-order valence-electron chi connectivity index (χ4n) is 1.72. The zero-order valence-corrected chi connectivity index (χ0v) is 14.4. The van der Waals surface area contributed by atoms with Crippen molar-refractivity contribution in [2.24, 2.45) is 0 Å². The maximum atomic E-state index is 10.3. The molecule has 2 unspecified atom stereocenters. The van der Waals surface area contributed by atoms with Crippen molar-refractivity contribution in [2.45, 2.75) is 57.7 Å². The van der Waals surface area contributed by atoms with Crippen LogP contribution in [0.1, 0.15) is 45.4 Å². The van der Waals surface area contributed by atoms with Gasteiger partial charge in [0, 0.05) is 6.42 Å². The Balaban J connectivity index is 3.77. The summed E-state index contributed by atoms with van der Waals surface area (Å²) in [5.41, 5.74) is 0. The molecule has 24 heavy (non-hydrogen) atoms. The van der Waals surface area contributed by atoms with E-state index in [9.17, 15) is 15.0 Å². The van der Waals surface area contributed by atoms with Crippen LogP contribution in [0.15, 0.2) is 60.8 Å². The van der Waals surface area contributed by atoms with Crippen molar-refractivity contribution in [3.05, 3.63) is 60.8 Å². The van der Waals surface area contributed by atoms with Gasteiger partial charge in [-0.2, -0.15) is 0 Å². The van der Waals surface area contributed by atoms with E-state index in [4.69, 9.17) is 5.11 Å². The third-order valence-electron chi connectivity index (χ3n) is 3.16. The lowest BCUT2D eigenvalue weighted by Gasteiger charge is -1.99. The standard InChI is InChI=1S/C20H30O4/c1-2-18(21)14-11-9-12-16-19(22)15-10-7-5-3-4-6-8-13-17-20(23)24/h4-7,9-12,14-15,18-19,21-22H,2-3,8,13,16-17H2,1H3,(H,23,24)/b6-4-,7-5-,12-9-,14-11+,15-10-. The van der Waals surface area contributed by atoms with E-state index in [1.54, 1.807) is 18.2 Å². The minimum absolute atomic E-state index is 0.213. The number of allylic oxidation sites excluding steroid dienone is 7. The highest BCUT2D eigenvalue weighted by Crippen LogP contribution is 1.99. The zero-order chi connectivity index (χ0) is 18.0. The molecule has 0 aliphatic rings. The second kappa shape index (κ2) is 16.0. The van der Waals surface area contributed by atoms with Gasteiger partial charge in [0.1, 0.15) is 0 Å². The molecule has 0 aromatic carbocycles. The van der Waals surface area contributed by atoms with E-state index in [2.05, 4.69) is 0 Å². The Labute approximate surface area is 145 Å². The lowest BCUT2D eigenvalue weighted by Crippen LogP contribution is -1.99. The summed E-state index contributed by atoms with van der Waals surface area (Å²) in [5.74, 6) is -0.753. The van der Waals surface area contributed by atoms with Crippen LogP contribution in [0.3, 0.4) is 0 Å². The predicted molar refractivity (Wildman–Crippen MR) is 98.7 cm³/mol. The largest absolute Gasteiger partial charge is 0.481 e. The predicted octanol–water partition coefficient (Wildman–Crippen LogP) is 3.93. The van der Waals surface area contributed by atoms with Gasteiger partial charge in [-0.15, -0.1) is 0 Å². The van der Waals surface area contributed by atoms with Gasteiger partial charge in [-0.05, 0) is 32.1 Å². The molecule has 0 radical (unpaired) electrons. The highest BCUT2D eigenvalue weighted by Gasteiger charge is 1.94. The first-order valence-electron chi connectivity index (χ1n) is 8.45. The van der Waals surface area contributed by atoms with E-state index in [0.29, 0.717) is 19.3 Å². The van der Waals surface area contributed by atoms with Crippen LogP contribution in [-0.2, 0) is 4.79 Å². The average Bonchev–Trinajstić information content (AvgIpc) is 2.55. The van der Waals surface area contributed by atoms with E-state index in [1.165, 1.54) is 0 Å². The molecular formula is C20H30O4. The minimum Gasteiger partial charge on any atom is -0.481 e. The molecule has 0 aromatic rings. The van der Waals surface area contributed by atoms with Gasteiger partial charge < -0.3 is 15.3 Å². The van der Waals surface area contributed by atoms with Crippen molar-refractivity contribution in [3.8, 4) is 0 Å². The van der Waals surface area contributed by atoms with E-state index in [1.807, 2.05) is 49.5 Å². The molecule has 0 bridgehead atoms. The van der Waals surface area contributed by atoms with Gasteiger partial charge in [0.25, 0.3) is 0 Å². The van der Waals surface area contributed by atoms with Gasteiger partial charge in [-0.25, -0.2) is 0 Å². The average molecular weight is 334 g/mol. The number of unbranched alkanes of at least 4 members (excludes halogenated alkanes) is 1. The number of carboxylic acids is 1. The summed E-state index contributed by atoms with van der Waals surface area (Å²) in [6, 6.07) is 0. The molecule has 0 saturated carbocycles. The third kappa shape index (κ3) is 16.5. The topological polar surface area (TPSA) is 77.8 Å². The molecule has 0 aromatic heterocycles. The second-order valence-corrected chi connectivity index (χ2v) is 5.40. The van der Waals surface area contributed by atoms with Crippen LogP contribution in [0, 0.1) is 0 Å². The summed E-state index contributed by atoms with van der Waals surface area (Å²) >= 11 is 0. The highest BCUT2D eigenvalue weighted by molar-refractivity contribution is 5.66. The van der Waals surface area contributed by atoms with Crippen molar-refractivity contribution in [1.82, 2.24) is 0 Å². The lowest BCUT2D eigenvalue weighted by molar-refractivity contribution is -0.137. The van der Waals surface area contributed by atoms with Crippen LogP contribution in [0.4, 0.5) is 0 Å². The van der Waals surface area contributed by atoms with Gasteiger partial charge in [0.05, 0.1) is 12.2 Å². The molecule has 134 valence electrons. The van der Waals surface area contributed by atoms with Gasteiger partial charge in [-0.3, -0.25) is 4.79 Å². The minimum atomic E-state index is -0.753. The van der Waals surface area contributed by atoms with Crippen molar-refractivity contribution in [1.29, 1.82) is 0 Å². The quantitative estimate of drug-likeness (QED) is 0.271. The molecule has 0 amide bonds. The summed E-state index contributed by atoms with van der Waals surface area (Å²) in [7, 11) is 0. The summed E-state index contributed by atoms with van der Waals surface area (Å²) in [5, 5.41) is 27.5.